The molecule has 1 atom stereocenters. The first-order valence-electron chi connectivity index (χ1n) is 8.91. The minimum Gasteiger partial charge on any atom is -0.468 e. The van der Waals surface area contributed by atoms with E-state index in [1.54, 1.807) is 0 Å². The van der Waals surface area contributed by atoms with Crippen LogP contribution in [-0.2, 0) is 37.3 Å². The van der Waals surface area contributed by atoms with E-state index in [2.05, 4.69) is 0 Å². The molecule has 0 saturated heterocycles. The first kappa shape index (κ1) is 22.5. The molecule has 2 amide bonds. The molecule has 0 fully saturated rings. The van der Waals surface area contributed by atoms with Crippen molar-refractivity contribution in [3.8, 4) is 0 Å². The molecule has 1 unspecified atom stereocenters. The first-order valence-corrected chi connectivity index (χ1v) is 9.29. The van der Waals surface area contributed by atoms with Crippen molar-refractivity contribution in [1.29, 1.82) is 0 Å². The number of carbonyl (C=O) groups excluding carboxylic acids is 4. The Bertz CT molecular complexity index is 1070. The van der Waals surface area contributed by atoms with E-state index in [9.17, 15) is 32.3 Å². The third-order valence-electron chi connectivity index (χ3n) is 5.03. The molecule has 0 aromatic heterocycles. The van der Waals surface area contributed by atoms with Gasteiger partial charge in [-0.3, -0.25) is 24.1 Å². The van der Waals surface area contributed by atoms with E-state index in [0.29, 0.717) is 4.90 Å². The van der Waals surface area contributed by atoms with E-state index in [-0.39, 0.29) is 16.7 Å². The van der Waals surface area contributed by atoms with Gasteiger partial charge in [-0.15, -0.1) is 0 Å². The van der Waals surface area contributed by atoms with E-state index in [1.165, 1.54) is 24.3 Å². The zero-order chi connectivity index (χ0) is 23.0. The lowest BCUT2D eigenvalue weighted by Gasteiger charge is -2.39. The van der Waals surface area contributed by atoms with Crippen molar-refractivity contribution in [2.24, 2.45) is 0 Å². The van der Waals surface area contributed by atoms with Crippen LogP contribution in [0.2, 0.25) is 0 Å². The molecule has 1 heterocycles. The number of hydrogen-bond acceptors (Lipinski definition) is 5. The van der Waals surface area contributed by atoms with Gasteiger partial charge in [0.25, 0.3) is 11.8 Å². The van der Waals surface area contributed by atoms with E-state index in [4.69, 9.17) is 16.3 Å². The van der Waals surface area contributed by atoms with Gasteiger partial charge in [-0.1, -0.05) is 30.3 Å². The summed E-state index contributed by atoms with van der Waals surface area (Å²) in [5.74, 6) is -2.89. The van der Waals surface area contributed by atoms with Crippen molar-refractivity contribution < 1.29 is 37.1 Å². The molecule has 0 bridgehead atoms. The molecule has 162 valence electrons. The second-order valence-electron chi connectivity index (χ2n) is 6.87. The summed E-state index contributed by atoms with van der Waals surface area (Å²) in [5, 5.41) is -1.00. The zero-order valence-corrected chi connectivity index (χ0v) is 16.8. The molecule has 6 nitrogen and oxygen atoms in total. The van der Waals surface area contributed by atoms with Crippen LogP contribution in [0, 0.1) is 0 Å². The van der Waals surface area contributed by atoms with Crippen molar-refractivity contribution in [3.63, 3.8) is 0 Å². The van der Waals surface area contributed by atoms with Gasteiger partial charge in [0.1, 0.15) is 0 Å². The molecular weight excluding hydrogens is 439 g/mol. The first-order chi connectivity index (χ1) is 14.5. The summed E-state index contributed by atoms with van der Waals surface area (Å²) in [4.78, 5) is 51.6. The molecule has 1 aliphatic rings. The monoisotopic (exact) mass is 453 g/mol. The van der Waals surface area contributed by atoms with Crippen molar-refractivity contribution in [3.05, 3.63) is 70.8 Å². The smallest absolute Gasteiger partial charge is 0.416 e. The number of ether oxygens (including phenoxy) is 1. The number of benzene rings is 2. The number of halogens is 4. The average Bonchev–Trinajstić information content (AvgIpc) is 2.73. The summed E-state index contributed by atoms with van der Waals surface area (Å²) >= 11 is 5.53. The summed E-state index contributed by atoms with van der Waals surface area (Å²) in [6.45, 7) is -0.417. The molecule has 0 radical (unpaired) electrons. The van der Waals surface area contributed by atoms with Gasteiger partial charge in [-0.05, 0) is 40.9 Å². The van der Waals surface area contributed by atoms with Crippen molar-refractivity contribution in [2.45, 2.75) is 24.6 Å². The second-order valence-corrected chi connectivity index (χ2v) is 7.29. The lowest BCUT2D eigenvalue weighted by atomic mass is 9.71. The molecule has 31 heavy (non-hydrogen) atoms. The minimum atomic E-state index is -4.55. The van der Waals surface area contributed by atoms with Gasteiger partial charge in [0.2, 0.25) is 5.24 Å². The number of imide groups is 1. The molecule has 0 saturated carbocycles. The second kappa shape index (κ2) is 8.14. The fourth-order valence-electron chi connectivity index (χ4n) is 3.57. The number of nitrogens with zero attached hydrogens (tertiary/aromatic N) is 1. The van der Waals surface area contributed by atoms with Gasteiger partial charge < -0.3 is 4.74 Å². The summed E-state index contributed by atoms with van der Waals surface area (Å²) in [5.41, 5.74) is -2.91. The molecule has 2 aromatic rings. The number of fused-ring (bicyclic) bond motifs is 1. The summed E-state index contributed by atoms with van der Waals surface area (Å²) in [6.07, 6.45) is -5.30. The van der Waals surface area contributed by atoms with Gasteiger partial charge >= 0.3 is 12.1 Å². The van der Waals surface area contributed by atoms with Gasteiger partial charge in [-0.25, -0.2) is 0 Å². The Morgan fingerprint density at radius 3 is 2.23 bits per heavy atom. The van der Waals surface area contributed by atoms with Crippen molar-refractivity contribution in [2.75, 3.05) is 7.11 Å². The Kier molecular flexibility index (Phi) is 5.91. The fraction of sp³-hybridized carbons (Fsp3) is 0.238. The van der Waals surface area contributed by atoms with Crippen LogP contribution in [0.3, 0.4) is 0 Å². The SMILES string of the molecule is COC(=O)C1(CC(=O)Cl)C(=O)N(Cc2ccc(C(F)(F)F)cc2)C(=O)c2ccccc21. The zero-order valence-electron chi connectivity index (χ0n) is 16.0. The van der Waals surface area contributed by atoms with Crippen molar-refractivity contribution in [1.82, 2.24) is 4.90 Å². The van der Waals surface area contributed by atoms with Gasteiger partial charge in [0.15, 0.2) is 5.41 Å². The molecule has 0 N–H and O–H groups in total. The van der Waals surface area contributed by atoms with Crippen LogP contribution in [0.15, 0.2) is 48.5 Å². The molecule has 10 heteroatoms. The Morgan fingerprint density at radius 1 is 1.06 bits per heavy atom. The lowest BCUT2D eigenvalue weighted by Crippen LogP contribution is -2.58. The maximum atomic E-state index is 13.4. The van der Waals surface area contributed by atoms with Crippen LogP contribution in [-0.4, -0.2) is 35.0 Å². The largest absolute Gasteiger partial charge is 0.468 e. The average molecular weight is 454 g/mol. The maximum absolute atomic E-state index is 13.4. The van der Waals surface area contributed by atoms with Gasteiger partial charge in [0, 0.05) is 5.56 Å². The highest BCUT2D eigenvalue weighted by Crippen LogP contribution is 2.40. The standard InChI is InChI=1S/C21H15ClF3NO5/c1-31-19(30)20(10-16(22)27)15-5-3-2-4-14(15)17(28)26(18(20)29)11-12-6-8-13(9-7-12)21(23,24)25/h2-9H,10-11H2,1H3. The number of methoxy groups -OCH3 is 1. The number of alkyl halides is 3. The fourth-order valence-corrected chi connectivity index (χ4v) is 3.77. The number of rotatable bonds is 5. The highest BCUT2D eigenvalue weighted by Gasteiger charge is 2.57. The van der Waals surface area contributed by atoms with Crippen LogP contribution in [0.5, 0.6) is 0 Å². The number of carbonyl (C=O) groups is 4. The number of amides is 2. The Morgan fingerprint density at radius 2 is 1.68 bits per heavy atom. The highest BCUT2D eigenvalue weighted by atomic mass is 35.5. The lowest BCUT2D eigenvalue weighted by molar-refractivity contribution is -0.158. The summed E-state index contributed by atoms with van der Waals surface area (Å²) in [7, 11) is 1.02. The molecule has 0 aliphatic carbocycles. The Hall–Kier alpha value is -3.20. The van der Waals surface area contributed by atoms with Crippen LogP contribution in [0.25, 0.3) is 0 Å². The van der Waals surface area contributed by atoms with E-state index < -0.39 is 53.1 Å². The van der Waals surface area contributed by atoms with Gasteiger partial charge in [-0.2, -0.15) is 13.2 Å². The predicted octanol–water partition coefficient (Wildman–Crippen LogP) is 3.45. The molecular formula is C21H15ClF3NO5. The van der Waals surface area contributed by atoms with Crippen LogP contribution >= 0.6 is 11.6 Å². The predicted molar refractivity (Wildman–Crippen MR) is 102 cm³/mol. The Balaban J connectivity index is 2.10. The topological polar surface area (TPSA) is 80.8 Å². The number of hydrogen-bond donors (Lipinski definition) is 0. The van der Waals surface area contributed by atoms with Crippen LogP contribution in [0.1, 0.15) is 33.5 Å². The normalized spacial score (nSPS) is 18.5. The van der Waals surface area contributed by atoms with Gasteiger partial charge in [0.05, 0.1) is 25.6 Å². The van der Waals surface area contributed by atoms with E-state index in [0.717, 1.165) is 31.4 Å². The summed E-state index contributed by atoms with van der Waals surface area (Å²) < 4.78 is 43.2. The van der Waals surface area contributed by atoms with Crippen molar-refractivity contribution >= 4 is 34.6 Å². The quantitative estimate of drug-likeness (QED) is 0.300. The van der Waals surface area contributed by atoms with E-state index >= 15 is 0 Å². The molecule has 1 aliphatic heterocycles. The molecule has 0 spiro atoms. The van der Waals surface area contributed by atoms with Crippen LogP contribution < -0.4 is 0 Å². The number of esters is 1. The third kappa shape index (κ3) is 3.93. The molecule has 2 aromatic carbocycles. The Labute approximate surface area is 179 Å². The summed E-state index contributed by atoms with van der Waals surface area (Å²) in [6, 6.07) is 9.61. The van der Waals surface area contributed by atoms with E-state index in [1.807, 2.05) is 0 Å². The molecule has 3 rings (SSSR count). The van der Waals surface area contributed by atoms with Crippen LogP contribution in [0.4, 0.5) is 13.2 Å². The highest BCUT2D eigenvalue weighted by molar-refractivity contribution is 6.64. The minimum absolute atomic E-state index is 0.0164. The third-order valence-corrected chi connectivity index (χ3v) is 5.17. The maximum Gasteiger partial charge on any atom is 0.416 e.